The Morgan fingerprint density at radius 2 is 1.90 bits per heavy atom. The Morgan fingerprint density at radius 1 is 1.24 bits per heavy atom. The average molecular weight is 291 g/mol. The molecule has 3 nitrogen and oxygen atoms in total. The third kappa shape index (κ3) is 4.84. The second kappa shape index (κ2) is 8.57. The summed E-state index contributed by atoms with van der Waals surface area (Å²) in [6, 6.07) is 3.30. The maximum atomic E-state index is 4.78. The molecule has 1 fully saturated rings. The van der Waals surface area contributed by atoms with E-state index in [9.17, 15) is 0 Å². The second-order valence-corrected chi connectivity index (χ2v) is 6.75. The summed E-state index contributed by atoms with van der Waals surface area (Å²) < 4.78 is 2.13. The molecule has 0 aliphatic heterocycles. The summed E-state index contributed by atoms with van der Waals surface area (Å²) in [6.45, 7) is 4.46. The minimum Gasteiger partial charge on any atom is -0.316 e. The molecule has 1 aromatic heterocycles. The highest BCUT2D eigenvalue weighted by atomic mass is 15.3. The molecule has 1 N–H and O–H groups in total. The summed E-state index contributed by atoms with van der Waals surface area (Å²) in [5.74, 6) is 0.823. The van der Waals surface area contributed by atoms with Gasteiger partial charge in [0.25, 0.3) is 0 Å². The summed E-state index contributed by atoms with van der Waals surface area (Å²) in [7, 11) is 2.12. The third-order valence-electron chi connectivity index (χ3n) is 5.22. The highest BCUT2D eigenvalue weighted by Crippen LogP contribution is 2.26. The Morgan fingerprint density at radius 3 is 2.52 bits per heavy atom. The molecule has 1 aliphatic carbocycles. The van der Waals surface area contributed by atoms with Crippen LogP contribution in [0.15, 0.2) is 12.3 Å². The van der Waals surface area contributed by atoms with Crippen molar-refractivity contribution in [2.45, 2.75) is 83.7 Å². The fourth-order valence-corrected chi connectivity index (χ4v) is 3.54. The van der Waals surface area contributed by atoms with E-state index in [1.807, 2.05) is 0 Å². The minimum absolute atomic E-state index is 0.508. The monoisotopic (exact) mass is 291 g/mol. The van der Waals surface area contributed by atoms with Crippen LogP contribution in [0.25, 0.3) is 0 Å². The number of hydrogen-bond acceptors (Lipinski definition) is 2. The number of nitrogens with one attached hydrogen (secondary N) is 1. The van der Waals surface area contributed by atoms with E-state index in [-0.39, 0.29) is 0 Å². The molecule has 3 heteroatoms. The molecular weight excluding hydrogens is 258 g/mol. The van der Waals surface area contributed by atoms with E-state index in [1.165, 1.54) is 50.6 Å². The van der Waals surface area contributed by atoms with Gasteiger partial charge in [0, 0.05) is 24.7 Å². The van der Waals surface area contributed by atoms with Crippen LogP contribution < -0.4 is 5.32 Å². The predicted octanol–water partition coefficient (Wildman–Crippen LogP) is 4.35. The molecule has 0 spiro atoms. The molecule has 2 unspecified atom stereocenters. The van der Waals surface area contributed by atoms with E-state index in [0.29, 0.717) is 12.1 Å². The molecule has 0 bridgehead atoms. The van der Waals surface area contributed by atoms with E-state index in [4.69, 9.17) is 5.10 Å². The number of nitrogens with zero attached hydrogens (tertiary/aromatic N) is 2. The van der Waals surface area contributed by atoms with Crippen molar-refractivity contribution in [2.24, 2.45) is 5.92 Å². The van der Waals surface area contributed by atoms with Crippen LogP contribution in [-0.2, 0) is 6.42 Å². The number of likely N-dealkylation sites (N-methyl/N-ethyl adjacent to an activating group) is 1. The van der Waals surface area contributed by atoms with Gasteiger partial charge in [-0.15, -0.1) is 0 Å². The van der Waals surface area contributed by atoms with Gasteiger partial charge < -0.3 is 5.32 Å². The van der Waals surface area contributed by atoms with E-state index >= 15 is 0 Å². The van der Waals surface area contributed by atoms with E-state index < -0.39 is 0 Å². The maximum Gasteiger partial charge on any atom is 0.0640 e. The molecule has 1 saturated carbocycles. The van der Waals surface area contributed by atoms with E-state index in [0.717, 1.165) is 18.8 Å². The molecular formula is C18H33N3. The van der Waals surface area contributed by atoms with E-state index in [2.05, 4.69) is 43.2 Å². The lowest BCUT2D eigenvalue weighted by atomic mass is 9.84. The Balaban J connectivity index is 1.95. The number of hydrogen-bond donors (Lipinski definition) is 1. The molecule has 1 heterocycles. The first kappa shape index (κ1) is 16.5. The highest BCUT2D eigenvalue weighted by Gasteiger charge is 2.22. The van der Waals surface area contributed by atoms with Crippen molar-refractivity contribution in [1.82, 2.24) is 15.1 Å². The summed E-state index contributed by atoms with van der Waals surface area (Å²) >= 11 is 0. The van der Waals surface area contributed by atoms with Gasteiger partial charge in [-0.2, -0.15) is 5.10 Å². The average Bonchev–Trinajstić information content (AvgIpc) is 2.93. The topological polar surface area (TPSA) is 29.9 Å². The molecule has 0 radical (unpaired) electrons. The van der Waals surface area contributed by atoms with Crippen molar-refractivity contribution in [3.05, 3.63) is 18.0 Å². The summed E-state index contributed by atoms with van der Waals surface area (Å²) in [5, 5.41) is 8.35. The van der Waals surface area contributed by atoms with Crippen LogP contribution in [0.5, 0.6) is 0 Å². The van der Waals surface area contributed by atoms with Crippen LogP contribution in [-0.4, -0.2) is 22.9 Å². The molecule has 1 aliphatic rings. The second-order valence-electron chi connectivity index (χ2n) is 6.75. The SMILES string of the molecule is CCC(C)n1ccc(CC(NC)C2CCCCCCC2)n1. The first-order valence-corrected chi connectivity index (χ1v) is 8.96. The van der Waals surface area contributed by atoms with Crippen LogP contribution in [0.3, 0.4) is 0 Å². The molecule has 120 valence electrons. The minimum atomic E-state index is 0.508. The largest absolute Gasteiger partial charge is 0.316 e. The van der Waals surface area contributed by atoms with Crippen molar-refractivity contribution < 1.29 is 0 Å². The van der Waals surface area contributed by atoms with Crippen molar-refractivity contribution in [3.63, 3.8) is 0 Å². The van der Waals surface area contributed by atoms with Gasteiger partial charge in [0.15, 0.2) is 0 Å². The quantitative estimate of drug-likeness (QED) is 0.844. The van der Waals surface area contributed by atoms with Crippen LogP contribution in [0.2, 0.25) is 0 Å². The number of aromatic nitrogens is 2. The van der Waals surface area contributed by atoms with Crippen molar-refractivity contribution in [2.75, 3.05) is 7.05 Å². The zero-order valence-electron chi connectivity index (χ0n) is 14.1. The number of rotatable bonds is 6. The van der Waals surface area contributed by atoms with Crippen LogP contribution in [0.4, 0.5) is 0 Å². The molecule has 2 atom stereocenters. The lowest BCUT2D eigenvalue weighted by molar-refractivity contribution is 0.292. The third-order valence-corrected chi connectivity index (χ3v) is 5.22. The Bertz CT molecular complexity index is 391. The van der Waals surface area contributed by atoms with Gasteiger partial charge in [-0.1, -0.05) is 39.0 Å². The lowest BCUT2D eigenvalue weighted by Gasteiger charge is -2.28. The Labute approximate surface area is 130 Å². The standard InChI is InChI=1S/C18H33N3/c1-4-15(2)21-13-12-17(20-21)14-18(19-3)16-10-8-6-5-7-9-11-16/h12-13,15-16,18-19H,4-11,14H2,1-3H3. The van der Waals surface area contributed by atoms with Crippen LogP contribution in [0, 0.1) is 5.92 Å². The zero-order chi connectivity index (χ0) is 15.1. The lowest BCUT2D eigenvalue weighted by Crippen LogP contribution is -2.36. The molecule has 2 rings (SSSR count). The van der Waals surface area contributed by atoms with Gasteiger partial charge in [0.1, 0.15) is 0 Å². The summed E-state index contributed by atoms with van der Waals surface area (Å²) in [5.41, 5.74) is 1.25. The highest BCUT2D eigenvalue weighted by molar-refractivity contribution is 5.03. The van der Waals surface area contributed by atoms with Crippen molar-refractivity contribution in [1.29, 1.82) is 0 Å². The fraction of sp³-hybridized carbons (Fsp3) is 0.833. The van der Waals surface area contributed by atoms with Crippen molar-refractivity contribution >= 4 is 0 Å². The summed E-state index contributed by atoms with van der Waals surface area (Å²) in [6.07, 6.45) is 14.2. The smallest absolute Gasteiger partial charge is 0.0640 e. The van der Waals surface area contributed by atoms with Gasteiger partial charge in [0.2, 0.25) is 0 Å². The normalized spacial score (nSPS) is 20.7. The van der Waals surface area contributed by atoms with Gasteiger partial charge in [-0.25, -0.2) is 0 Å². The van der Waals surface area contributed by atoms with E-state index in [1.54, 1.807) is 0 Å². The van der Waals surface area contributed by atoms with Gasteiger partial charge >= 0.3 is 0 Å². The van der Waals surface area contributed by atoms with Gasteiger partial charge in [-0.3, -0.25) is 4.68 Å². The molecule has 1 aromatic rings. The van der Waals surface area contributed by atoms with Gasteiger partial charge in [0.05, 0.1) is 5.69 Å². The van der Waals surface area contributed by atoms with Crippen LogP contribution in [0.1, 0.15) is 76.9 Å². The molecule has 0 saturated heterocycles. The molecule has 0 amide bonds. The Hall–Kier alpha value is -0.830. The maximum absolute atomic E-state index is 4.78. The summed E-state index contributed by atoms with van der Waals surface area (Å²) in [4.78, 5) is 0. The Kier molecular flexibility index (Phi) is 6.75. The molecule has 0 aromatic carbocycles. The first-order valence-electron chi connectivity index (χ1n) is 8.96. The van der Waals surface area contributed by atoms with Crippen LogP contribution >= 0.6 is 0 Å². The molecule has 21 heavy (non-hydrogen) atoms. The predicted molar refractivity (Wildman–Crippen MR) is 89.6 cm³/mol. The zero-order valence-corrected chi connectivity index (χ0v) is 14.1. The van der Waals surface area contributed by atoms with Crippen molar-refractivity contribution in [3.8, 4) is 0 Å². The fourth-order valence-electron chi connectivity index (χ4n) is 3.54. The van der Waals surface area contributed by atoms with Gasteiger partial charge in [-0.05, 0) is 45.2 Å². The first-order chi connectivity index (χ1) is 10.2.